The molecule has 96 valence electrons. The first kappa shape index (κ1) is 12.9. The van der Waals surface area contributed by atoms with Crippen molar-refractivity contribution in [2.75, 3.05) is 13.1 Å². The molecule has 3 heteroatoms. The molecule has 0 aliphatic heterocycles. The number of nitrogens with two attached hydrogens (primary N) is 1. The molecule has 0 saturated heterocycles. The van der Waals surface area contributed by atoms with E-state index in [4.69, 9.17) is 10.2 Å². The average Bonchev–Trinajstić information content (AvgIpc) is 2.85. The van der Waals surface area contributed by atoms with Gasteiger partial charge in [-0.2, -0.15) is 0 Å². The highest BCUT2D eigenvalue weighted by Crippen LogP contribution is 2.11. The van der Waals surface area contributed by atoms with Gasteiger partial charge in [0.25, 0.3) is 0 Å². The third-order valence-corrected chi connectivity index (χ3v) is 2.93. The van der Waals surface area contributed by atoms with Crippen LogP contribution in [0.4, 0.5) is 0 Å². The molecule has 2 rings (SSSR count). The van der Waals surface area contributed by atoms with Gasteiger partial charge in [-0.15, -0.1) is 0 Å². The zero-order chi connectivity index (χ0) is 12.8. The van der Waals surface area contributed by atoms with Gasteiger partial charge >= 0.3 is 0 Å². The predicted octanol–water partition coefficient (Wildman–Crippen LogP) is 2.55. The maximum atomic E-state index is 5.66. The lowest BCUT2D eigenvalue weighted by Crippen LogP contribution is -2.28. The molecule has 0 bridgehead atoms. The highest BCUT2D eigenvalue weighted by Gasteiger charge is 2.07. The second-order valence-corrected chi connectivity index (χ2v) is 4.56. The van der Waals surface area contributed by atoms with Crippen molar-refractivity contribution in [1.82, 2.24) is 4.90 Å². The summed E-state index contributed by atoms with van der Waals surface area (Å²) in [6.45, 7) is 5.34. The highest BCUT2D eigenvalue weighted by atomic mass is 16.3. The lowest BCUT2D eigenvalue weighted by Gasteiger charge is -2.20. The number of furan rings is 1. The molecule has 0 aliphatic carbocycles. The average molecular weight is 244 g/mol. The van der Waals surface area contributed by atoms with E-state index in [0.717, 1.165) is 25.4 Å². The molecule has 2 N–H and O–H groups in total. The maximum absolute atomic E-state index is 5.66. The Kier molecular flexibility index (Phi) is 4.56. The molecule has 2 aromatic rings. The Bertz CT molecular complexity index is 448. The van der Waals surface area contributed by atoms with Crippen LogP contribution in [0, 0.1) is 6.92 Å². The molecule has 3 nitrogen and oxygen atoms in total. The van der Waals surface area contributed by atoms with Crippen LogP contribution in [0.3, 0.4) is 0 Å². The summed E-state index contributed by atoms with van der Waals surface area (Å²) in [6, 6.07) is 12.5. The Balaban J connectivity index is 1.99. The molecule has 0 saturated carbocycles. The largest absolute Gasteiger partial charge is 0.468 e. The second kappa shape index (κ2) is 6.38. The Morgan fingerprint density at radius 3 is 2.50 bits per heavy atom. The monoisotopic (exact) mass is 244 g/mol. The quantitative estimate of drug-likeness (QED) is 0.849. The van der Waals surface area contributed by atoms with Gasteiger partial charge in [0, 0.05) is 19.6 Å². The molecule has 0 amide bonds. The molecule has 0 spiro atoms. The van der Waals surface area contributed by atoms with E-state index < -0.39 is 0 Å². The molecule has 0 atom stereocenters. The summed E-state index contributed by atoms with van der Waals surface area (Å²) < 4.78 is 5.38. The van der Waals surface area contributed by atoms with Crippen LogP contribution in [0.2, 0.25) is 0 Å². The fraction of sp³-hybridized carbons (Fsp3) is 0.333. The van der Waals surface area contributed by atoms with Crippen molar-refractivity contribution >= 4 is 0 Å². The molecular weight excluding hydrogens is 224 g/mol. The van der Waals surface area contributed by atoms with Gasteiger partial charge in [0.15, 0.2) is 0 Å². The minimum Gasteiger partial charge on any atom is -0.468 e. The first-order valence-electron chi connectivity index (χ1n) is 6.28. The van der Waals surface area contributed by atoms with Gasteiger partial charge in [-0.05, 0) is 24.6 Å². The van der Waals surface area contributed by atoms with Gasteiger partial charge in [-0.3, -0.25) is 4.90 Å². The normalized spacial score (nSPS) is 11.1. The van der Waals surface area contributed by atoms with Gasteiger partial charge in [-0.1, -0.05) is 29.8 Å². The second-order valence-electron chi connectivity index (χ2n) is 4.56. The van der Waals surface area contributed by atoms with Crippen molar-refractivity contribution < 1.29 is 4.42 Å². The van der Waals surface area contributed by atoms with E-state index in [1.807, 2.05) is 12.1 Å². The van der Waals surface area contributed by atoms with Crippen molar-refractivity contribution in [2.45, 2.75) is 20.0 Å². The molecular formula is C15H20N2O. The SMILES string of the molecule is Cc1ccc(CN(CCN)Cc2ccco2)cc1. The minimum absolute atomic E-state index is 0.659. The maximum Gasteiger partial charge on any atom is 0.117 e. The topological polar surface area (TPSA) is 42.4 Å². The van der Waals surface area contributed by atoms with Gasteiger partial charge in [-0.25, -0.2) is 0 Å². The molecule has 0 aliphatic rings. The summed E-state index contributed by atoms with van der Waals surface area (Å²) >= 11 is 0. The molecule has 1 aromatic heterocycles. The number of hydrogen-bond acceptors (Lipinski definition) is 3. The molecule has 0 fully saturated rings. The van der Waals surface area contributed by atoms with E-state index in [0.29, 0.717) is 6.54 Å². The lowest BCUT2D eigenvalue weighted by atomic mass is 10.1. The van der Waals surface area contributed by atoms with Crippen LogP contribution in [0.1, 0.15) is 16.9 Å². The lowest BCUT2D eigenvalue weighted by molar-refractivity contribution is 0.242. The Morgan fingerprint density at radius 2 is 1.89 bits per heavy atom. The van der Waals surface area contributed by atoms with Gasteiger partial charge in [0.1, 0.15) is 5.76 Å². The summed E-state index contributed by atoms with van der Waals surface area (Å²) in [5.74, 6) is 0.982. The zero-order valence-electron chi connectivity index (χ0n) is 10.8. The zero-order valence-corrected chi connectivity index (χ0v) is 10.8. The Labute approximate surface area is 108 Å². The molecule has 0 radical (unpaired) electrons. The van der Waals surface area contributed by atoms with Crippen molar-refractivity contribution in [3.05, 3.63) is 59.5 Å². The van der Waals surface area contributed by atoms with Gasteiger partial charge < -0.3 is 10.2 Å². The van der Waals surface area contributed by atoms with Crippen molar-refractivity contribution in [3.8, 4) is 0 Å². The third kappa shape index (κ3) is 3.72. The number of benzene rings is 1. The molecule has 1 heterocycles. The number of hydrogen-bond donors (Lipinski definition) is 1. The molecule has 18 heavy (non-hydrogen) atoms. The van der Waals surface area contributed by atoms with E-state index >= 15 is 0 Å². The Morgan fingerprint density at radius 1 is 1.11 bits per heavy atom. The summed E-state index contributed by atoms with van der Waals surface area (Å²) in [7, 11) is 0. The van der Waals surface area contributed by atoms with Crippen LogP contribution in [-0.2, 0) is 13.1 Å². The summed E-state index contributed by atoms with van der Waals surface area (Å²) in [4.78, 5) is 2.30. The fourth-order valence-electron chi connectivity index (χ4n) is 1.97. The van der Waals surface area contributed by atoms with Crippen LogP contribution in [-0.4, -0.2) is 18.0 Å². The van der Waals surface area contributed by atoms with Crippen molar-refractivity contribution in [1.29, 1.82) is 0 Å². The van der Waals surface area contributed by atoms with Crippen LogP contribution >= 0.6 is 0 Å². The highest BCUT2D eigenvalue weighted by molar-refractivity contribution is 5.21. The first-order chi connectivity index (χ1) is 8.78. The third-order valence-electron chi connectivity index (χ3n) is 2.93. The fourth-order valence-corrected chi connectivity index (χ4v) is 1.97. The number of aryl methyl sites for hydroxylation is 1. The van der Waals surface area contributed by atoms with Gasteiger partial charge in [0.05, 0.1) is 12.8 Å². The first-order valence-corrected chi connectivity index (χ1v) is 6.28. The van der Waals surface area contributed by atoms with Crippen LogP contribution < -0.4 is 5.73 Å². The predicted molar refractivity (Wildman–Crippen MR) is 73.1 cm³/mol. The van der Waals surface area contributed by atoms with E-state index in [1.165, 1.54) is 11.1 Å². The summed E-state index contributed by atoms with van der Waals surface area (Å²) in [6.07, 6.45) is 1.71. The van der Waals surface area contributed by atoms with E-state index in [1.54, 1.807) is 6.26 Å². The van der Waals surface area contributed by atoms with Crippen LogP contribution in [0.5, 0.6) is 0 Å². The van der Waals surface area contributed by atoms with Crippen molar-refractivity contribution in [3.63, 3.8) is 0 Å². The summed E-state index contributed by atoms with van der Waals surface area (Å²) in [5, 5.41) is 0. The van der Waals surface area contributed by atoms with Crippen LogP contribution in [0.15, 0.2) is 47.1 Å². The number of rotatable bonds is 6. The molecule has 0 unspecified atom stereocenters. The smallest absolute Gasteiger partial charge is 0.117 e. The van der Waals surface area contributed by atoms with E-state index in [9.17, 15) is 0 Å². The summed E-state index contributed by atoms with van der Waals surface area (Å²) in [5.41, 5.74) is 8.26. The van der Waals surface area contributed by atoms with E-state index in [-0.39, 0.29) is 0 Å². The van der Waals surface area contributed by atoms with E-state index in [2.05, 4.69) is 36.1 Å². The molecule has 1 aromatic carbocycles. The minimum atomic E-state index is 0.659. The standard InChI is InChI=1S/C15H20N2O/c1-13-4-6-14(7-5-13)11-17(9-8-16)12-15-3-2-10-18-15/h2-7,10H,8-9,11-12,16H2,1H3. The van der Waals surface area contributed by atoms with Crippen LogP contribution in [0.25, 0.3) is 0 Å². The van der Waals surface area contributed by atoms with Gasteiger partial charge in [0.2, 0.25) is 0 Å². The number of nitrogens with zero attached hydrogens (tertiary/aromatic N) is 1. The Hall–Kier alpha value is -1.58. The van der Waals surface area contributed by atoms with Crippen molar-refractivity contribution in [2.24, 2.45) is 5.73 Å².